The smallest absolute Gasteiger partial charge is 0.364 e. The second-order valence-electron chi connectivity index (χ2n) is 11.9. The maximum Gasteiger partial charge on any atom is 0.416 e. The summed E-state index contributed by atoms with van der Waals surface area (Å²) in [4.78, 5) is 27.4. The fraction of sp³-hybridized carbons (Fsp3) is 0.441. The molecule has 9 nitrogen and oxygen atoms in total. The Kier molecular flexibility index (Phi) is 11.5. The van der Waals surface area contributed by atoms with Crippen LogP contribution in [0.5, 0.6) is 0 Å². The standard InChI is InChI=1S/C34H41ClF4N6O3/c1-7-10-28-30-27(20-48-33(30,15-8-2)16-9-3)41-44(6)31(21-11-13-23(25(36)17-21)32(47)43(4)5)42-45(28)19-29(46)40-26-14-12-22(18-24(26)35)34(37,38)39/h10-14,17-18,41H,7-9,15-16,19-20H2,1-6H3,(H,40,46)/b28-10?,42-31-. The normalized spacial score (nSPS) is 18.1. The minimum Gasteiger partial charge on any atom is -0.364 e. The Morgan fingerprint density at radius 2 is 1.81 bits per heavy atom. The van der Waals surface area contributed by atoms with E-state index in [4.69, 9.17) is 21.4 Å². The number of nitrogens with zero attached hydrogens (tertiary/aromatic N) is 4. The molecule has 2 aliphatic heterocycles. The Morgan fingerprint density at radius 3 is 2.38 bits per heavy atom. The van der Waals surface area contributed by atoms with E-state index in [0.717, 1.165) is 42.3 Å². The van der Waals surface area contributed by atoms with Crippen molar-refractivity contribution in [3.63, 3.8) is 0 Å². The molecule has 0 fully saturated rings. The number of alkyl halides is 3. The first-order chi connectivity index (χ1) is 22.6. The monoisotopic (exact) mass is 692 g/mol. The average Bonchev–Trinajstić information content (AvgIpc) is 3.33. The fourth-order valence-electron chi connectivity index (χ4n) is 6.01. The molecule has 0 saturated carbocycles. The van der Waals surface area contributed by atoms with Gasteiger partial charge >= 0.3 is 6.18 Å². The van der Waals surface area contributed by atoms with Crippen LogP contribution < -0.4 is 10.7 Å². The van der Waals surface area contributed by atoms with Crippen molar-refractivity contribution in [1.82, 2.24) is 20.3 Å². The lowest BCUT2D eigenvalue weighted by Crippen LogP contribution is -2.45. The number of rotatable bonds is 10. The molecule has 4 rings (SSSR count). The molecule has 0 atom stereocenters. The average molecular weight is 693 g/mol. The molecule has 2 N–H and O–H groups in total. The summed E-state index contributed by atoms with van der Waals surface area (Å²) in [6, 6.07) is 6.85. The summed E-state index contributed by atoms with van der Waals surface area (Å²) in [7, 11) is 4.76. The zero-order valence-electron chi connectivity index (χ0n) is 27.9. The van der Waals surface area contributed by atoms with Gasteiger partial charge in [0.05, 0.1) is 45.4 Å². The second kappa shape index (κ2) is 15.0. The number of hydrazone groups is 1. The Bertz CT molecular complexity index is 1630. The van der Waals surface area contributed by atoms with Crippen molar-refractivity contribution in [3.8, 4) is 0 Å². The highest BCUT2D eigenvalue weighted by molar-refractivity contribution is 6.33. The van der Waals surface area contributed by atoms with Gasteiger partial charge in [-0.15, -0.1) is 0 Å². The number of hydrogen-bond acceptors (Lipinski definition) is 7. The second-order valence-corrected chi connectivity index (χ2v) is 12.3. The van der Waals surface area contributed by atoms with Gasteiger partial charge in [0.25, 0.3) is 5.91 Å². The zero-order valence-corrected chi connectivity index (χ0v) is 28.7. The van der Waals surface area contributed by atoms with Gasteiger partial charge in [0.2, 0.25) is 5.91 Å². The van der Waals surface area contributed by atoms with Gasteiger partial charge in [-0.1, -0.05) is 57.4 Å². The van der Waals surface area contributed by atoms with Crippen molar-refractivity contribution in [1.29, 1.82) is 0 Å². The van der Waals surface area contributed by atoms with Crippen molar-refractivity contribution in [2.24, 2.45) is 5.10 Å². The molecule has 0 saturated heterocycles. The summed E-state index contributed by atoms with van der Waals surface area (Å²) in [6.07, 6.45) is 0.968. The molecule has 14 heteroatoms. The molecule has 260 valence electrons. The Balaban J connectivity index is 1.83. The van der Waals surface area contributed by atoms with E-state index in [9.17, 15) is 22.8 Å². The van der Waals surface area contributed by atoms with Crippen LogP contribution in [0.1, 0.15) is 74.4 Å². The Labute approximate surface area is 283 Å². The minimum absolute atomic E-state index is 0.00403. The molecule has 2 aromatic carbocycles. The predicted molar refractivity (Wildman–Crippen MR) is 178 cm³/mol. The van der Waals surface area contributed by atoms with Crippen LogP contribution in [-0.4, -0.2) is 72.5 Å². The van der Waals surface area contributed by atoms with Crippen LogP contribution in [0.2, 0.25) is 5.02 Å². The molecule has 0 aliphatic carbocycles. The van der Waals surface area contributed by atoms with E-state index >= 15 is 4.39 Å². The van der Waals surface area contributed by atoms with Crippen molar-refractivity contribution in [2.75, 3.05) is 39.6 Å². The number of hydrogen-bond donors (Lipinski definition) is 2. The van der Waals surface area contributed by atoms with Gasteiger partial charge < -0.3 is 15.0 Å². The molecule has 2 aliphatic rings. The summed E-state index contributed by atoms with van der Waals surface area (Å²) in [5.74, 6) is -1.62. The number of allylic oxidation sites excluding steroid dienone is 1. The van der Waals surface area contributed by atoms with Gasteiger partial charge in [-0.05, 0) is 49.6 Å². The van der Waals surface area contributed by atoms with E-state index in [1.165, 1.54) is 36.1 Å². The fourth-order valence-corrected chi connectivity index (χ4v) is 6.24. The summed E-state index contributed by atoms with van der Waals surface area (Å²) in [5.41, 5.74) is 4.19. The van der Waals surface area contributed by atoms with Crippen molar-refractivity contribution in [2.45, 2.75) is 64.7 Å². The first kappa shape index (κ1) is 36.7. The van der Waals surface area contributed by atoms with Crippen LogP contribution in [-0.2, 0) is 15.7 Å². The summed E-state index contributed by atoms with van der Waals surface area (Å²) >= 11 is 6.15. The number of ether oxygens (including phenoxy) is 1. The van der Waals surface area contributed by atoms with E-state index in [-0.39, 0.29) is 35.3 Å². The maximum atomic E-state index is 15.4. The Morgan fingerprint density at radius 1 is 1.12 bits per heavy atom. The van der Waals surface area contributed by atoms with Gasteiger partial charge in [-0.2, -0.15) is 18.3 Å². The van der Waals surface area contributed by atoms with Gasteiger partial charge in [0, 0.05) is 32.3 Å². The third kappa shape index (κ3) is 7.78. The van der Waals surface area contributed by atoms with Crippen LogP contribution in [0, 0.1) is 5.82 Å². The molecule has 0 aromatic heterocycles. The van der Waals surface area contributed by atoms with Gasteiger partial charge in [-0.25, -0.2) is 4.39 Å². The van der Waals surface area contributed by atoms with Crippen LogP contribution in [0.3, 0.4) is 0 Å². The van der Waals surface area contributed by atoms with Crippen LogP contribution >= 0.6 is 11.6 Å². The van der Waals surface area contributed by atoms with Crippen molar-refractivity contribution >= 4 is 34.9 Å². The molecule has 0 radical (unpaired) electrons. The first-order valence-corrected chi connectivity index (χ1v) is 16.2. The lowest BCUT2D eigenvalue weighted by atomic mass is 9.82. The van der Waals surface area contributed by atoms with Crippen LogP contribution in [0.4, 0.5) is 23.2 Å². The summed E-state index contributed by atoms with van der Waals surface area (Å²) < 4.78 is 61.6. The summed E-state index contributed by atoms with van der Waals surface area (Å²) in [5, 5.41) is 10.3. The number of carbonyl (C=O) groups is 2. The zero-order chi connectivity index (χ0) is 35.4. The number of amidine groups is 1. The minimum atomic E-state index is -4.60. The number of anilines is 1. The first-order valence-electron chi connectivity index (χ1n) is 15.8. The van der Waals surface area contributed by atoms with Crippen LogP contribution in [0.15, 0.2) is 64.5 Å². The third-order valence-electron chi connectivity index (χ3n) is 8.05. The molecule has 48 heavy (non-hydrogen) atoms. The Hall–Kier alpha value is -4.10. The van der Waals surface area contributed by atoms with E-state index in [1.807, 2.05) is 13.0 Å². The van der Waals surface area contributed by atoms with Gasteiger partial charge in [0.1, 0.15) is 12.4 Å². The quantitative estimate of drug-likeness (QED) is 0.257. The van der Waals surface area contributed by atoms with E-state index in [1.54, 1.807) is 18.1 Å². The van der Waals surface area contributed by atoms with Crippen molar-refractivity contribution < 1.29 is 31.9 Å². The molecule has 2 heterocycles. The van der Waals surface area contributed by atoms with E-state index in [2.05, 4.69) is 24.6 Å². The topological polar surface area (TPSA) is 89.5 Å². The lowest BCUT2D eigenvalue weighted by molar-refractivity contribution is -0.137. The lowest BCUT2D eigenvalue weighted by Gasteiger charge is -2.37. The highest BCUT2D eigenvalue weighted by atomic mass is 35.5. The number of carbonyl (C=O) groups excluding carboxylic acids is 2. The van der Waals surface area contributed by atoms with Crippen molar-refractivity contribution in [3.05, 3.63) is 87.0 Å². The molecular formula is C34H41ClF4N6O3. The number of nitrogens with one attached hydrogen (secondary N) is 2. The van der Waals surface area contributed by atoms with Gasteiger partial charge in [0.15, 0.2) is 5.84 Å². The molecular weight excluding hydrogens is 652 g/mol. The third-order valence-corrected chi connectivity index (χ3v) is 8.37. The van der Waals surface area contributed by atoms with E-state index < -0.39 is 35.0 Å². The number of hydrazine groups is 1. The molecule has 0 unspecified atom stereocenters. The largest absolute Gasteiger partial charge is 0.416 e. The maximum absolute atomic E-state index is 15.4. The SMILES string of the molecule is CCC=C1C2=C(COC2(CCC)CCC)NN(C)/C(c2ccc(C(=O)N(C)C)c(F)c2)=N\N1CC(=O)Nc1ccc(C(F)(F)F)cc1Cl. The molecule has 2 amide bonds. The van der Waals surface area contributed by atoms with Crippen LogP contribution in [0.25, 0.3) is 0 Å². The number of benzene rings is 2. The highest BCUT2D eigenvalue weighted by Crippen LogP contribution is 2.44. The molecule has 0 spiro atoms. The van der Waals surface area contributed by atoms with Gasteiger partial charge in [-0.3, -0.25) is 25.0 Å². The molecule has 0 bridgehead atoms. The number of halogens is 5. The predicted octanol–water partition coefficient (Wildman–Crippen LogP) is 7.17. The number of amides is 2. The molecule has 2 aromatic rings. The van der Waals surface area contributed by atoms with E-state index in [0.29, 0.717) is 30.5 Å². The summed E-state index contributed by atoms with van der Waals surface area (Å²) in [6.45, 7) is 5.97. The highest BCUT2D eigenvalue weighted by Gasteiger charge is 2.45.